The molecule has 2 N–H and O–H groups in total. The molecule has 0 spiro atoms. The van der Waals surface area contributed by atoms with E-state index in [0.717, 1.165) is 0 Å². The highest BCUT2D eigenvalue weighted by Crippen LogP contribution is 2.22. The number of likely N-dealkylation sites (N-methyl/N-ethyl adjacent to an activating group) is 1. The molecule has 1 amide bonds. The number of carboxylic acid groups (broad SMARTS) is 1. The Labute approximate surface area is 124 Å². The van der Waals surface area contributed by atoms with Gasteiger partial charge in [-0.1, -0.05) is 26.0 Å². The summed E-state index contributed by atoms with van der Waals surface area (Å²) in [7, 11) is 1.54. The Bertz CT molecular complexity index is 490. The molecule has 0 aliphatic rings. The molecule has 1 aromatic carbocycles. The van der Waals surface area contributed by atoms with E-state index in [9.17, 15) is 9.59 Å². The van der Waals surface area contributed by atoms with Crippen molar-refractivity contribution in [3.63, 3.8) is 0 Å². The van der Waals surface area contributed by atoms with Gasteiger partial charge in [-0.05, 0) is 18.7 Å². The summed E-state index contributed by atoms with van der Waals surface area (Å²) < 4.78 is 5.17. The van der Waals surface area contributed by atoms with Gasteiger partial charge in [0.2, 0.25) is 5.91 Å². The first-order valence-corrected chi connectivity index (χ1v) is 6.86. The quantitative estimate of drug-likeness (QED) is 0.762. The lowest BCUT2D eigenvalue weighted by atomic mass is 10.1. The Morgan fingerprint density at radius 2 is 2.05 bits per heavy atom. The number of methoxy groups -OCH3 is 1. The molecule has 1 rings (SSSR count). The minimum absolute atomic E-state index is 0.145. The highest BCUT2D eigenvalue weighted by Gasteiger charge is 2.17. The molecule has 0 saturated heterocycles. The largest absolute Gasteiger partial charge is 0.495 e. The van der Waals surface area contributed by atoms with E-state index in [1.165, 1.54) is 7.11 Å². The molecule has 0 fully saturated rings. The van der Waals surface area contributed by atoms with Crippen LogP contribution >= 0.6 is 0 Å². The van der Waals surface area contributed by atoms with E-state index in [-0.39, 0.29) is 12.5 Å². The molecule has 0 saturated carbocycles. The smallest absolute Gasteiger partial charge is 0.307 e. The van der Waals surface area contributed by atoms with Crippen LogP contribution in [0.15, 0.2) is 24.3 Å². The summed E-state index contributed by atoms with van der Waals surface area (Å²) >= 11 is 0. The SMILES string of the molecule is CCN(CC(=O)Nc1ccccc1OC)CC(C)C(=O)O. The number of nitrogens with zero attached hydrogens (tertiary/aromatic N) is 1. The average Bonchev–Trinajstić information content (AvgIpc) is 2.46. The van der Waals surface area contributed by atoms with E-state index in [4.69, 9.17) is 9.84 Å². The molecule has 6 nitrogen and oxygen atoms in total. The third kappa shape index (κ3) is 5.43. The Balaban J connectivity index is 2.60. The molecule has 0 aliphatic heterocycles. The number of para-hydroxylation sites is 2. The van der Waals surface area contributed by atoms with E-state index in [1.54, 1.807) is 24.0 Å². The van der Waals surface area contributed by atoms with Gasteiger partial charge < -0.3 is 15.2 Å². The van der Waals surface area contributed by atoms with Crippen LogP contribution in [0.2, 0.25) is 0 Å². The van der Waals surface area contributed by atoms with E-state index in [0.29, 0.717) is 24.5 Å². The zero-order valence-electron chi connectivity index (χ0n) is 12.6. The summed E-state index contributed by atoms with van der Waals surface area (Å²) in [5, 5.41) is 11.7. The maximum atomic E-state index is 12.0. The fourth-order valence-corrected chi connectivity index (χ4v) is 1.91. The molecular weight excluding hydrogens is 272 g/mol. The lowest BCUT2D eigenvalue weighted by molar-refractivity contribution is -0.142. The molecule has 0 bridgehead atoms. The zero-order valence-corrected chi connectivity index (χ0v) is 12.6. The van der Waals surface area contributed by atoms with Gasteiger partial charge in [0.05, 0.1) is 25.3 Å². The lowest BCUT2D eigenvalue weighted by Gasteiger charge is -2.22. The second-order valence-corrected chi connectivity index (χ2v) is 4.82. The van der Waals surface area contributed by atoms with Gasteiger partial charge in [-0.3, -0.25) is 14.5 Å². The van der Waals surface area contributed by atoms with Gasteiger partial charge in [0, 0.05) is 6.54 Å². The number of anilines is 1. The second kappa shape index (κ2) is 8.26. The molecule has 0 radical (unpaired) electrons. The van der Waals surface area contributed by atoms with Crippen molar-refractivity contribution in [2.75, 3.05) is 32.1 Å². The van der Waals surface area contributed by atoms with Crippen molar-refractivity contribution in [2.45, 2.75) is 13.8 Å². The average molecular weight is 294 g/mol. The molecule has 1 aromatic rings. The molecule has 21 heavy (non-hydrogen) atoms. The highest BCUT2D eigenvalue weighted by atomic mass is 16.5. The minimum Gasteiger partial charge on any atom is -0.495 e. The standard InChI is InChI=1S/C15H22N2O4/c1-4-17(9-11(2)15(19)20)10-14(18)16-12-7-5-6-8-13(12)21-3/h5-8,11H,4,9-10H2,1-3H3,(H,16,18)(H,19,20). The van der Waals surface area contributed by atoms with E-state index in [1.807, 2.05) is 19.1 Å². The van der Waals surface area contributed by atoms with Gasteiger partial charge in [0.25, 0.3) is 0 Å². The van der Waals surface area contributed by atoms with Gasteiger partial charge >= 0.3 is 5.97 Å². The number of hydrogen-bond acceptors (Lipinski definition) is 4. The van der Waals surface area contributed by atoms with Crippen LogP contribution in [0, 0.1) is 5.92 Å². The first-order chi connectivity index (χ1) is 9.97. The van der Waals surface area contributed by atoms with Crippen LogP contribution < -0.4 is 10.1 Å². The van der Waals surface area contributed by atoms with Crippen molar-refractivity contribution in [1.29, 1.82) is 0 Å². The number of benzene rings is 1. The predicted octanol–water partition coefficient (Wildman–Crippen LogP) is 1.68. The first-order valence-electron chi connectivity index (χ1n) is 6.86. The summed E-state index contributed by atoms with van der Waals surface area (Å²) in [6.45, 7) is 4.61. The van der Waals surface area contributed by atoms with Crippen molar-refractivity contribution >= 4 is 17.6 Å². The maximum Gasteiger partial charge on any atom is 0.307 e. The number of carbonyl (C=O) groups is 2. The number of amides is 1. The van der Waals surface area contributed by atoms with E-state index >= 15 is 0 Å². The van der Waals surface area contributed by atoms with Crippen molar-refractivity contribution in [3.8, 4) is 5.75 Å². The topological polar surface area (TPSA) is 78.9 Å². The summed E-state index contributed by atoms with van der Waals surface area (Å²) in [6.07, 6.45) is 0. The fraction of sp³-hybridized carbons (Fsp3) is 0.467. The number of aliphatic carboxylic acids is 1. The number of ether oxygens (including phenoxy) is 1. The van der Waals surface area contributed by atoms with Crippen LogP contribution in [0.4, 0.5) is 5.69 Å². The predicted molar refractivity (Wildman–Crippen MR) is 80.5 cm³/mol. The first kappa shape index (κ1) is 17.0. The maximum absolute atomic E-state index is 12.0. The van der Waals surface area contributed by atoms with Gasteiger partial charge in [-0.15, -0.1) is 0 Å². The Morgan fingerprint density at radius 3 is 2.62 bits per heavy atom. The van der Waals surface area contributed by atoms with Crippen molar-refractivity contribution in [1.82, 2.24) is 4.90 Å². The van der Waals surface area contributed by atoms with E-state index in [2.05, 4.69) is 5.32 Å². The molecule has 0 aromatic heterocycles. The van der Waals surface area contributed by atoms with Crippen LogP contribution in [-0.2, 0) is 9.59 Å². The summed E-state index contributed by atoms with van der Waals surface area (Å²) in [4.78, 5) is 24.7. The fourth-order valence-electron chi connectivity index (χ4n) is 1.91. The monoisotopic (exact) mass is 294 g/mol. The number of carboxylic acids is 1. The summed E-state index contributed by atoms with van der Waals surface area (Å²) in [5.74, 6) is -0.977. The molecule has 0 aliphatic carbocycles. The number of nitrogens with one attached hydrogen (secondary N) is 1. The normalized spacial score (nSPS) is 12.0. The number of rotatable bonds is 8. The Hall–Kier alpha value is -2.08. The summed E-state index contributed by atoms with van der Waals surface area (Å²) in [6, 6.07) is 7.15. The van der Waals surface area contributed by atoms with Crippen LogP contribution in [0.1, 0.15) is 13.8 Å². The van der Waals surface area contributed by atoms with Gasteiger partial charge in [0.15, 0.2) is 0 Å². The lowest BCUT2D eigenvalue weighted by Crippen LogP contribution is -2.37. The minimum atomic E-state index is -0.862. The van der Waals surface area contributed by atoms with Crippen LogP contribution in [-0.4, -0.2) is 48.6 Å². The molecule has 0 heterocycles. The van der Waals surface area contributed by atoms with Crippen LogP contribution in [0.25, 0.3) is 0 Å². The number of carbonyl (C=O) groups excluding carboxylic acids is 1. The third-order valence-electron chi connectivity index (χ3n) is 3.15. The van der Waals surface area contributed by atoms with Gasteiger partial charge in [-0.2, -0.15) is 0 Å². The second-order valence-electron chi connectivity index (χ2n) is 4.82. The van der Waals surface area contributed by atoms with Crippen molar-refractivity contribution in [3.05, 3.63) is 24.3 Å². The van der Waals surface area contributed by atoms with Crippen LogP contribution in [0.3, 0.4) is 0 Å². The molecule has 6 heteroatoms. The van der Waals surface area contributed by atoms with Crippen LogP contribution in [0.5, 0.6) is 5.75 Å². The van der Waals surface area contributed by atoms with Gasteiger partial charge in [-0.25, -0.2) is 0 Å². The van der Waals surface area contributed by atoms with Gasteiger partial charge in [0.1, 0.15) is 5.75 Å². The molecule has 1 atom stereocenters. The Morgan fingerprint density at radius 1 is 1.38 bits per heavy atom. The van der Waals surface area contributed by atoms with Crippen molar-refractivity contribution in [2.24, 2.45) is 5.92 Å². The third-order valence-corrected chi connectivity index (χ3v) is 3.15. The summed E-state index contributed by atoms with van der Waals surface area (Å²) in [5.41, 5.74) is 0.604. The van der Waals surface area contributed by atoms with Crippen molar-refractivity contribution < 1.29 is 19.4 Å². The zero-order chi connectivity index (χ0) is 15.8. The highest BCUT2D eigenvalue weighted by molar-refractivity contribution is 5.93. The molecule has 116 valence electrons. The number of hydrogen-bond donors (Lipinski definition) is 2. The molecule has 1 unspecified atom stereocenters. The molecular formula is C15H22N2O4. The van der Waals surface area contributed by atoms with E-state index < -0.39 is 11.9 Å². The Kier molecular flexibility index (Phi) is 6.68.